The summed E-state index contributed by atoms with van der Waals surface area (Å²) in [6.45, 7) is 8.37. The van der Waals surface area contributed by atoms with Crippen LogP contribution in [0.2, 0.25) is 0 Å². The summed E-state index contributed by atoms with van der Waals surface area (Å²) in [5.41, 5.74) is 1.76. The van der Waals surface area contributed by atoms with E-state index in [1.165, 1.54) is 24.8 Å². The van der Waals surface area contributed by atoms with Gasteiger partial charge in [-0.05, 0) is 44.6 Å². The zero-order chi connectivity index (χ0) is 11.5. The molecule has 0 saturated heterocycles. The molecule has 1 nitrogen and oxygen atoms in total. The predicted molar refractivity (Wildman–Crippen MR) is 64.7 cm³/mol. The van der Waals surface area contributed by atoms with Gasteiger partial charge in [-0.3, -0.25) is 4.79 Å². The van der Waals surface area contributed by atoms with Gasteiger partial charge in [0, 0.05) is 5.92 Å². The van der Waals surface area contributed by atoms with Gasteiger partial charge < -0.3 is 0 Å². The Balaban J connectivity index is 2.92. The van der Waals surface area contributed by atoms with Crippen LogP contribution in [-0.4, -0.2) is 5.78 Å². The summed E-state index contributed by atoms with van der Waals surface area (Å²) in [6.07, 6.45) is 9.71. The lowest BCUT2D eigenvalue weighted by Gasteiger charge is -2.39. The maximum atomic E-state index is 11.0. The molecule has 0 saturated carbocycles. The molecule has 0 N–H and O–H groups in total. The van der Waals surface area contributed by atoms with Crippen LogP contribution < -0.4 is 0 Å². The monoisotopic (exact) mass is 206 g/mol. The van der Waals surface area contributed by atoms with E-state index in [2.05, 4.69) is 32.9 Å². The quantitative estimate of drug-likeness (QED) is 0.505. The molecule has 0 aromatic rings. The van der Waals surface area contributed by atoms with Crippen molar-refractivity contribution in [1.82, 2.24) is 0 Å². The third kappa shape index (κ3) is 2.80. The lowest BCUT2D eigenvalue weighted by atomic mass is 9.66. The van der Waals surface area contributed by atoms with Gasteiger partial charge >= 0.3 is 0 Å². The molecule has 0 fully saturated rings. The normalized spacial score (nSPS) is 31.7. The number of allylic oxidation sites excluding steroid dienone is 4. The number of rotatable bonds is 3. The Morgan fingerprint density at radius 3 is 2.87 bits per heavy atom. The molecule has 2 unspecified atom stereocenters. The minimum Gasteiger partial charge on any atom is -0.295 e. The zero-order valence-corrected chi connectivity index (χ0v) is 10.3. The van der Waals surface area contributed by atoms with Gasteiger partial charge in [-0.25, -0.2) is 0 Å². The molecule has 15 heavy (non-hydrogen) atoms. The first-order valence-electron chi connectivity index (χ1n) is 5.85. The Morgan fingerprint density at radius 1 is 1.67 bits per heavy atom. The second-order valence-corrected chi connectivity index (χ2v) is 4.94. The number of carbonyl (C=O) groups is 1. The molecule has 0 radical (unpaired) electrons. The van der Waals surface area contributed by atoms with Gasteiger partial charge in [0.15, 0.2) is 5.78 Å². The van der Waals surface area contributed by atoms with Crippen molar-refractivity contribution in [1.29, 1.82) is 0 Å². The summed E-state index contributed by atoms with van der Waals surface area (Å²) in [5.74, 6) is 0.590. The summed E-state index contributed by atoms with van der Waals surface area (Å²) < 4.78 is 0. The Hall–Kier alpha value is -0.850. The van der Waals surface area contributed by atoms with E-state index >= 15 is 0 Å². The standard InChI is InChI=1S/C14H22O/c1-5-14(4)10-6-7-11(2)13(14)9-8-12(3)15/h7-9,13H,5-6,10H2,1-4H3/b9-8+. The Labute approximate surface area is 93.3 Å². The average molecular weight is 206 g/mol. The largest absolute Gasteiger partial charge is 0.295 e. The highest BCUT2D eigenvalue weighted by atomic mass is 16.1. The number of hydrogen-bond donors (Lipinski definition) is 0. The molecular weight excluding hydrogens is 184 g/mol. The molecule has 2 atom stereocenters. The van der Waals surface area contributed by atoms with Gasteiger partial charge in [-0.2, -0.15) is 0 Å². The van der Waals surface area contributed by atoms with Crippen LogP contribution in [0.15, 0.2) is 23.8 Å². The molecule has 0 bridgehead atoms. The molecule has 1 aliphatic rings. The summed E-state index contributed by atoms with van der Waals surface area (Å²) in [6, 6.07) is 0. The van der Waals surface area contributed by atoms with Crippen LogP contribution in [0.25, 0.3) is 0 Å². The van der Waals surface area contributed by atoms with E-state index in [4.69, 9.17) is 0 Å². The number of ketones is 1. The summed E-state index contributed by atoms with van der Waals surface area (Å²) >= 11 is 0. The Morgan fingerprint density at radius 2 is 2.33 bits per heavy atom. The Kier molecular flexibility index (Phi) is 3.90. The third-order valence-corrected chi connectivity index (χ3v) is 3.75. The first-order valence-corrected chi connectivity index (χ1v) is 5.85. The van der Waals surface area contributed by atoms with Crippen molar-refractivity contribution in [2.45, 2.75) is 47.0 Å². The molecule has 1 aliphatic carbocycles. The van der Waals surface area contributed by atoms with E-state index in [0.717, 1.165) is 0 Å². The minimum absolute atomic E-state index is 0.145. The molecule has 0 aliphatic heterocycles. The van der Waals surface area contributed by atoms with Crippen LogP contribution in [0.4, 0.5) is 0 Å². The number of carbonyl (C=O) groups excluding carboxylic acids is 1. The van der Waals surface area contributed by atoms with Crippen molar-refractivity contribution in [3.8, 4) is 0 Å². The molecule has 1 rings (SSSR count). The summed E-state index contributed by atoms with van der Waals surface area (Å²) in [5, 5.41) is 0. The van der Waals surface area contributed by atoms with Gasteiger partial charge in [0.2, 0.25) is 0 Å². The van der Waals surface area contributed by atoms with E-state index < -0.39 is 0 Å². The first-order chi connectivity index (χ1) is 6.99. The van der Waals surface area contributed by atoms with Crippen molar-refractivity contribution in [2.75, 3.05) is 0 Å². The van der Waals surface area contributed by atoms with E-state index in [1.807, 2.05) is 0 Å². The molecule has 84 valence electrons. The summed E-state index contributed by atoms with van der Waals surface area (Å²) in [4.78, 5) is 11.0. The van der Waals surface area contributed by atoms with Crippen molar-refractivity contribution < 1.29 is 4.79 Å². The molecule has 0 heterocycles. The molecule has 0 aromatic carbocycles. The van der Waals surface area contributed by atoms with Gasteiger partial charge in [0.1, 0.15) is 0 Å². The zero-order valence-electron chi connectivity index (χ0n) is 10.3. The van der Waals surface area contributed by atoms with E-state index in [1.54, 1.807) is 13.0 Å². The number of hydrogen-bond acceptors (Lipinski definition) is 1. The van der Waals surface area contributed by atoms with Gasteiger partial charge in [-0.1, -0.05) is 31.6 Å². The highest BCUT2D eigenvalue weighted by Crippen LogP contribution is 2.44. The predicted octanol–water partition coefficient (Wildman–Crippen LogP) is 3.90. The van der Waals surface area contributed by atoms with Crippen molar-refractivity contribution in [3.63, 3.8) is 0 Å². The molecule has 0 amide bonds. The Bertz CT molecular complexity index is 298. The van der Waals surface area contributed by atoms with Gasteiger partial charge in [0.25, 0.3) is 0 Å². The van der Waals surface area contributed by atoms with E-state index in [-0.39, 0.29) is 5.78 Å². The summed E-state index contributed by atoms with van der Waals surface area (Å²) in [7, 11) is 0. The highest BCUT2D eigenvalue weighted by Gasteiger charge is 2.33. The lowest BCUT2D eigenvalue weighted by Crippen LogP contribution is -2.29. The lowest BCUT2D eigenvalue weighted by molar-refractivity contribution is -0.112. The average Bonchev–Trinajstić information content (AvgIpc) is 2.16. The van der Waals surface area contributed by atoms with Crippen molar-refractivity contribution >= 4 is 5.78 Å². The van der Waals surface area contributed by atoms with Crippen molar-refractivity contribution in [3.05, 3.63) is 23.8 Å². The van der Waals surface area contributed by atoms with Crippen LogP contribution in [0.1, 0.15) is 47.0 Å². The molecular formula is C14H22O. The third-order valence-electron chi connectivity index (χ3n) is 3.75. The molecule has 1 heteroatoms. The van der Waals surface area contributed by atoms with Crippen LogP contribution in [0.5, 0.6) is 0 Å². The van der Waals surface area contributed by atoms with Crippen LogP contribution in [-0.2, 0) is 4.79 Å². The topological polar surface area (TPSA) is 17.1 Å². The van der Waals surface area contributed by atoms with Crippen molar-refractivity contribution in [2.24, 2.45) is 11.3 Å². The van der Waals surface area contributed by atoms with E-state index in [9.17, 15) is 4.79 Å². The second kappa shape index (κ2) is 4.78. The van der Waals surface area contributed by atoms with Crippen LogP contribution >= 0.6 is 0 Å². The smallest absolute Gasteiger partial charge is 0.152 e. The minimum atomic E-state index is 0.145. The fourth-order valence-corrected chi connectivity index (χ4v) is 2.47. The molecule has 0 spiro atoms. The fourth-order valence-electron chi connectivity index (χ4n) is 2.47. The SMILES string of the molecule is CCC1(C)CCC=C(C)C1/C=C/C(C)=O. The maximum absolute atomic E-state index is 11.0. The maximum Gasteiger partial charge on any atom is 0.152 e. The highest BCUT2D eigenvalue weighted by molar-refractivity contribution is 5.87. The van der Waals surface area contributed by atoms with Crippen LogP contribution in [0.3, 0.4) is 0 Å². The van der Waals surface area contributed by atoms with Gasteiger partial charge in [0.05, 0.1) is 0 Å². The van der Waals surface area contributed by atoms with E-state index in [0.29, 0.717) is 11.3 Å². The first kappa shape index (κ1) is 12.2. The van der Waals surface area contributed by atoms with Gasteiger partial charge in [-0.15, -0.1) is 0 Å². The molecule has 0 aromatic heterocycles. The fraction of sp³-hybridized carbons (Fsp3) is 0.643. The second-order valence-electron chi connectivity index (χ2n) is 4.94. The van der Waals surface area contributed by atoms with Crippen LogP contribution in [0, 0.1) is 11.3 Å².